The molecule has 0 spiro atoms. The Bertz CT molecular complexity index is 11.6. The molecule has 0 bridgehead atoms. The monoisotopic (exact) mass is 182 g/mol. The molecule has 0 aromatic carbocycles. The third kappa shape index (κ3) is 22.0. The van der Waals surface area contributed by atoms with Gasteiger partial charge in [-0.1, -0.05) is 0 Å². The summed E-state index contributed by atoms with van der Waals surface area (Å²) in [6.45, 7) is 0. The number of rotatable bonds is 0. The van der Waals surface area contributed by atoms with Gasteiger partial charge in [-0.2, -0.15) is 13.5 Å². The van der Waals surface area contributed by atoms with Gasteiger partial charge in [0.25, 0.3) is 0 Å². The standard InChI is InChI=1S/Ca.Fe.H2O.H2S.H4Si.2H/h;;2*1H2;1H4;;. The first kappa shape index (κ1) is 54.6. The van der Waals surface area contributed by atoms with E-state index in [1.54, 1.807) is 0 Å². The van der Waals surface area contributed by atoms with Crippen LogP contribution in [-0.4, -0.2) is 54.2 Å². The second-order valence-corrected chi connectivity index (χ2v) is 0. The molecule has 5 heavy (non-hydrogen) atoms. The first-order chi connectivity index (χ1) is 0. The number of hydrogen-bond acceptors (Lipinski definition) is 0. The summed E-state index contributed by atoms with van der Waals surface area (Å²) < 4.78 is 0. The van der Waals surface area contributed by atoms with E-state index < -0.39 is 0 Å². The first-order valence-corrected chi connectivity index (χ1v) is 0. The zero-order valence-corrected chi connectivity index (χ0v) is 3.46. The van der Waals surface area contributed by atoms with Crippen LogP contribution >= 0.6 is 13.5 Å². The molecule has 36 valence electrons. The predicted molar refractivity (Wildman–Crippen MR) is 33.9 cm³/mol. The summed E-state index contributed by atoms with van der Waals surface area (Å²) in [5.41, 5.74) is 0. The van der Waals surface area contributed by atoms with Gasteiger partial charge < -0.3 is 5.48 Å². The molecule has 1 nitrogen and oxygen atoms in total. The van der Waals surface area contributed by atoms with Crippen molar-refractivity contribution in [2.75, 3.05) is 0 Å². The molecule has 2 N–H and O–H groups in total. The van der Waals surface area contributed by atoms with Crippen molar-refractivity contribution in [3.05, 3.63) is 0 Å². The molecular weight excluding hydrogens is 172 g/mol. The van der Waals surface area contributed by atoms with E-state index in [1.165, 1.54) is 0 Å². The van der Waals surface area contributed by atoms with Crippen LogP contribution in [0.1, 0.15) is 0 Å². The molecule has 0 aliphatic carbocycles. The molecule has 0 aromatic rings. The second kappa shape index (κ2) is 33.4. The van der Waals surface area contributed by atoms with E-state index >= 15 is 0 Å². The maximum absolute atomic E-state index is 0. The van der Waals surface area contributed by atoms with Gasteiger partial charge in [-0.3, -0.25) is 0 Å². The molecule has 5 heteroatoms. The van der Waals surface area contributed by atoms with Crippen LogP contribution in [0.4, 0.5) is 0 Å². The molecule has 0 radical (unpaired) electrons. The molecule has 0 aliphatic heterocycles. The van der Waals surface area contributed by atoms with E-state index in [9.17, 15) is 0 Å². The Kier molecular flexibility index (Phi) is 365. The summed E-state index contributed by atoms with van der Waals surface area (Å²) in [5, 5.41) is 0. The molecule has 0 rings (SSSR count). The fourth-order valence-electron chi connectivity index (χ4n) is 0. The Morgan fingerprint density at radius 2 is 1.00 bits per heavy atom. The Hall–Kier alpha value is 2.31. The minimum atomic E-state index is 0. The maximum Gasteiger partial charge on any atom is 0 e. The SMILES string of the molecule is O.S.[CaH2].[Fe].[SiH4]. The largest absolute Gasteiger partial charge is 0.0149 e. The molecule has 0 saturated heterocycles. The van der Waals surface area contributed by atoms with Gasteiger partial charge in [-0.15, -0.1) is 0 Å². The van der Waals surface area contributed by atoms with Crippen molar-refractivity contribution in [1.29, 1.82) is 0 Å². The van der Waals surface area contributed by atoms with Gasteiger partial charge in [-0.05, 0) is 11.0 Å². The summed E-state index contributed by atoms with van der Waals surface area (Å²) in [6.07, 6.45) is 0. The average molecular weight is 182 g/mol. The van der Waals surface area contributed by atoms with E-state index in [2.05, 4.69) is 0 Å². The van der Waals surface area contributed by atoms with Crippen molar-refractivity contribution in [3.8, 4) is 0 Å². The third-order valence-corrected chi connectivity index (χ3v) is 0. The Labute approximate surface area is 83.5 Å². The normalized spacial score (nSPS) is 0. The summed E-state index contributed by atoms with van der Waals surface area (Å²) in [6, 6.07) is 0. The van der Waals surface area contributed by atoms with Crippen molar-refractivity contribution in [3.63, 3.8) is 0 Å². The van der Waals surface area contributed by atoms with Crippen molar-refractivity contribution in [1.82, 2.24) is 0 Å². The molecule has 0 atom stereocenters. The van der Waals surface area contributed by atoms with Crippen LogP contribution in [0.25, 0.3) is 0 Å². The summed E-state index contributed by atoms with van der Waals surface area (Å²) >= 11 is 0. The van der Waals surface area contributed by atoms with Gasteiger partial charge in [0, 0.05) is 17.1 Å². The van der Waals surface area contributed by atoms with Crippen LogP contribution in [0, 0.1) is 0 Å². The topological polar surface area (TPSA) is 31.5 Å². The second-order valence-electron chi connectivity index (χ2n) is 0. The fraction of sp³-hybridized carbons (Fsp3) is 0. The van der Waals surface area contributed by atoms with E-state index in [0.717, 1.165) is 0 Å². The Morgan fingerprint density at radius 3 is 1.00 bits per heavy atom. The van der Waals surface area contributed by atoms with Gasteiger partial charge >= 0.3 is 37.7 Å². The zero-order chi connectivity index (χ0) is 0. The van der Waals surface area contributed by atoms with Crippen LogP contribution in [0.15, 0.2) is 0 Å². The average Bonchev–Trinajstić information content (AvgIpc) is 0. The van der Waals surface area contributed by atoms with E-state index in [4.69, 9.17) is 0 Å². The quantitative estimate of drug-likeness (QED) is 0.356. The van der Waals surface area contributed by atoms with Crippen LogP contribution in [-0.2, 0) is 17.1 Å². The fourth-order valence-corrected chi connectivity index (χ4v) is 0. The first-order valence-electron chi connectivity index (χ1n) is 0. The minimum absolute atomic E-state index is 0. The molecule has 0 fully saturated rings. The van der Waals surface area contributed by atoms with Gasteiger partial charge in [-0.25, -0.2) is 0 Å². The molecule has 0 aromatic heterocycles. The summed E-state index contributed by atoms with van der Waals surface area (Å²) in [4.78, 5) is 0. The van der Waals surface area contributed by atoms with Crippen LogP contribution < -0.4 is 0 Å². The Morgan fingerprint density at radius 1 is 1.00 bits per heavy atom. The molecular formula is H10CaFeOSSi. The molecule has 0 saturated carbocycles. The molecule has 0 unspecified atom stereocenters. The zero-order valence-electron chi connectivity index (χ0n) is 1.35. The van der Waals surface area contributed by atoms with E-state index in [0.29, 0.717) is 0 Å². The van der Waals surface area contributed by atoms with E-state index in [1.807, 2.05) is 0 Å². The molecule has 0 aliphatic rings. The van der Waals surface area contributed by atoms with Crippen molar-refractivity contribution in [2.24, 2.45) is 0 Å². The Balaban J connectivity index is 0. The smallest absolute Gasteiger partial charge is 0 e. The van der Waals surface area contributed by atoms with E-state index in [-0.39, 0.29) is 84.7 Å². The van der Waals surface area contributed by atoms with Gasteiger partial charge in [0.1, 0.15) is 0 Å². The summed E-state index contributed by atoms with van der Waals surface area (Å²) in [7, 11) is 0. The van der Waals surface area contributed by atoms with Gasteiger partial charge in [0.2, 0.25) is 0 Å². The third-order valence-electron chi connectivity index (χ3n) is 0. The number of hydrogen-bond donors (Lipinski definition) is 0. The summed E-state index contributed by atoms with van der Waals surface area (Å²) in [5.74, 6) is 0. The predicted octanol–water partition coefficient (Wildman–Crippen LogP) is -3.08. The van der Waals surface area contributed by atoms with Crippen molar-refractivity contribution in [2.45, 2.75) is 0 Å². The van der Waals surface area contributed by atoms with Crippen LogP contribution in [0.3, 0.4) is 0 Å². The van der Waals surface area contributed by atoms with Crippen molar-refractivity contribution >= 4 is 62.2 Å². The van der Waals surface area contributed by atoms with Crippen LogP contribution in [0.2, 0.25) is 0 Å². The van der Waals surface area contributed by atoms with Gasteiger partial charge in [0.15, 0.2) is 0 Å². The van der Waals surface area contributed by atoms with Crippen LogP contribution in [0.5, 0.6) is 0 Å². The van der Waals surface area contributed by atoms with Gasteiger partial charge in [0.05, 0.1) is 0 Å². The maximum atomic E-state index is 0. The molecule has 0 amide bonds. The molecule has 0 heterocycles. The van der Waals surface area contributed by atoms with Crippen molar-refractivity contribution < 1.29 is 22.5 Å². The minimum Gasteiger partial charge on any atom is -0.0149 e.